The number of halogens is 1. The Morgan fingerprint density at radius 1 is 0.935 bits per heavy atom. The van der Waals surface area contributed by atoms with Crippen LogP contribution in [0.4, 0.5) is 0 Å². The van der Waals surface area contributed by atoms with E-state index in [1.807, 2.05) is 12.1 Å². The zero-order valence-electron chi connectivity index (χ0n) is 17.9. The van der Waals surface area contributed by atoms with E-state index in [4.69, 9.17) is 26.8 Å². The number of nitrogens with two attached hydrogens (primary N) is 1. The zero-order valence-corrected chi connectivity index (χ0v) is 18.7. The maximum Gasteiger partial charge on any atom is 0.307 e. The van der Waals surface area contributed by atoms with Crippen molar-refractivity contribution < 1.29 is 14.3 Å². The van der Waals surface area contributed by atoms with Gasteiger partial charge >= 0.3 is 5.97 Å². The van der Waals surface area contributed by atoms with Crippen molar-refractivity contribution in [3.05, 3.63) is 70.7 Å². The minimum Gasteiger partial charge on any atom is -0.463 e. The number of nitrogens with zero attached hydrogens (tertiary/aromatic N) is 2. The fourth-order valence-corrected chi connectivity index (χ4v) is 3.97. The number of hydrogen-bond acceptors (Lipinski definition) is 6. The summed E-state index contributed by atoms with van der Waals surface area (Å²) in [7, 11) is 0. The number of esters is 1. The number of ether oxygens (including phenoxy) is 2. The molecular weight excluding hydrogens is 414 g/mol. The van der Waals surface area contributed by atoms with E-state index in [9.17, 15) is 4.79 Å². The minimum atomic E-state index is -0.268. The normalized spacial score (nSPS) is 16.2. The quantitative estimate of drug-likeness (QED) is 0.423. The predicted molar refractivity (Wildman–Crippen MR) is 123 cm³/mol. The van der Waals surface area contributed by atoms with Crippen molar-refractivity contribution in [3.63, 3.8) is 0 Å². The second-order valence-electron chi connectivity index (χ2n) is 7.61. The van der Waals surface area contributed by atoms with Gasteiger partial charge in [0.2, 0.25) is 0 Å². The van der Waals surface area contributed by atoms with E-state index in [0.717, 1.165) is 37.7 Å². The lowest BCUT2D eigenvalue weighted by atomic mass is 9.96. The van der Waals surface area contributed by atoms with E-state index in [0.29, 0.717) is 19.8 Å². The van der Waals surface area contributed by atoms with Gasteiger partial charge in [-0.3, -0.25) is 14.6 Å². The van der Waals surface area contributed by atoms with Crippen molar-refractivity contribution in [1.82, 2.24) is 9.80 Å². The van der Waals surface area contributed by atoms with E-state index in [1.54, 1.807) is 0 Å². The van der Waals surface area contributed by atoms with E-state index >= 15 is 0 Å². The molecule has 1 heterocycles. The van der Waals surface area contributed by atoms with Gasteiger partial charge in [0.1, 0.15) is 6.61 Å². The van der Waals surface area contributed by atoms with Gasteiger partial charge in [0.05, 0.1) is 25.7 Å². The molecule has 31 heavy (non-hydrogen) atoms. The van der Waals surface area contributed by atoms with Crippen LogP contribution in [0.1, 0.15) is 23.6 Å². The van der Waals surface area contributed by atoms with Gasteiger partial charge in [0.15, 0.2) is 0 Å². The van der Waals surface area contributed by atoms with Crippen molar-refractivity contribution in [3.8, 4) is 0 Å². The molecule has 1 unspecified atom stereocenters. The van der Waals surface area contributed by atoms with Crippen LogP contribution in [0.2, 0.25) is 5.02 Å². The van der Waals surface area contributed by atoms with E-state index in [2.05, 4.69) is 52.3 Å². The molecule has 0 aliphatic carbocycles. The topological polar surface area (TPSA) is 68.0 Å². The number of piperazine rings is 1. The summed E-state index contributed by atoms with van der Waals surface area (Å²) in [6.07, 6.45) is 0.254. The van der Waals surface area contributed by atoms with Gasteiger partial charge in [-0.15, -0.1) is 0 Å². The summed E-state index contributed by atoms with van der Waals surface area (Å²) >= 11 is 6.12. The van der Waals surface area contributed by atoms with Crippen LogP contribution < -0.4 is 5.73 Å². The molecule has 2 aromatic rings. The molecular formula is C24H32ClN3O3. The molecule has 7 heteroatoms. The average Bonchev–Trinajstić information content (AvgIpc) is 2.79. The maximum atomic E-state index is 11.3. The van der Waals surface area contributed by atoms with E-state index in [1.165, 1.54) is 11.1 Å². The molecule has 1 saturated heterocycles. The molecule has 0 saturated carbocycles. The van der Waals surface area contributed by atoms with Crippen molar-refractivity contribution >= 4 is 17.6 Å². The van der Waals surface area contributed by atoms with Crippen molar-refractivity contribution in [2.24, 2.45) is 5.73 Å². The molecule has 1 aliphatic heterocycles. The third-order valence-electron chi connectivity index (χ3n) is 5.46. The lowest BCUT2D eigenvalue weighted by molar-refractivity contribution is -0.145. The molecule has 1 aliphatic rings. The molecule has 0 spiro atoms. The number of rotatable bonds is 11. The van der Waals surface area contributed by atoms with Crippen molar-refractivity contribution in [2.45, 2.75) is 12.5 Å². The number of carbonyl (C=O) groups is 1. The molecule has 0 aromatic heterocycles. The number of hydrogen-bond donors (Lipinski definition) is 1. The molecule has 168 valence electrons. The fourth-order valence-electron chi connectivity index (χ4n) is 3.84. The van der Waals surface area contributed by atoms with Crippen LogP contribution in [0, 0.1) is 0 Å². The zero-order chi connectivity index (χ0) is 21.9. The molecule has 0 bridgehead atoms. The highest BCUT2D eigenvalue weighted by Gasteiger charge is 2.26. The summed E-state index contributed by atoms with van der Waals surface area (Å²) in [6.45, 7) is 6.48. The Balaban J connectivity index is 1.45. The van der Waals surface area contributed by atoms with Crippen LogP contribution in [0.3, 0.4) is 0 Å². The summed E-state index contributed by atoms with van der Waals surface area (Å²) < 4.78 is 10.6. The van der Waals surface area contributed by atoms with E-state index < -0.39 is 0 Å². The summed E-state index contributed by atoms with van der Waals surface area (Å²) in [4.78, 5) is 16.2. The van der Waals surface area contributed by atoms with Gasteiger partial charge in [0.25, 0.3) is 0 Å². The Morgan fingerprint density at radius 3 is 2.29 bits per heavy atom. The molecule has 0 amide bonds. The molecule has 2 aromatic carbocycles. The molecule has 1 fully saturated rings. The summed E-state index contributed by atoms with van der Waals surface area (Å²) in [5.41, 5.74) is 7.88. The third kappa shape index (κ3) is 7.59. The van der Waals surface area contributed by atoms with Crippen LogP contribution in [-0.2, 0) is 14.3 Å². The van der Waals surface area contributed by atoms with Gasteiger partial charge in [-0.2, -0.15) is 0 Å². The lowest BCUT2D eigenvalue weighted by Gasteiger charge is -2.39. The highest BCUT2D eigenvalue weighted by Crippen LogP contribution is 2.30. The Labute approximate surface area is 189 Å². The van der Waals surface area contributed by atoms with Crippen molar-refractivity contribution in [2.75, 3.05) is 59.1 Å². The Morgan fingerprint density at radius 2 is 1.61 bits per heavy atom. The van der Waals surface area contributed by atoms with Crippen molar-refractivity contribution in [1.29, 1.82) is 0 Å². The minimum absolute atomic E-state index is 0.222. The second kappa shape index (κ2) is 12.8. The standard InChI is InChI=1S/C24H32ClN3O3/c25-22-8-6-21(7-9-22)24(20-4-2-1-3-5-20)28-14-12-27(13-15-28)16-17-30-18-19-31-23(29)10-11-26/h1-9,24H,10-19,26H2. The second-order valence-corrected chi connectivity index (χ2v) is 8.05. The molecule has 6 nitrogen and oxygen atoms in total. The first-order valence-corrected chi connectivity index (χ1v) is 11.3. The first-order chi connectivity index (χ1) is 15.2. The number of benzene rings is 2. The highest BCUT2D eigenvalue weighted by atomic mass is 35.5. The number of carbonyl (C=O) groups excluding carboxylic acids is 1. The maximum absolute atomic E-state index is 11.3. The highest BCUT2D eigenvalue weighted by molar-refractivity contribution is 6.30. The summed E-state index contributed by atoms with van der Waals surface area (Å²) in [5.74, 6) is -0.268. The third-order valence-corrected chi connectivity index (χ3v) is 5.72. The summed E-state index contributed by atoms with van der Waals surface area (Å²) in [6, 6.07) is 19.0. The Kier molecular flexibility index (Phi) is 9.78. The Hall–Kier alpha value is -1.96. The van der Waals surface area contributed by atoms with Crippen LogP contribution in [0.5, 0.6) is 0 Å². The average molecular weight is 446 g/mol. The molecule has 3 rings (SSSR count). The fraction of sp³-hybridized carbons (Fsp3) is 0.458. The van der Waals surface area contributed by atoms with E-state index in [-0.39, 0.29) is 25.0 Å². The van der Waals surface area contributed by atoms with Gasteiger partial charge < -0.3 is 15.2 Å². The van der Waals surface area contributed by atoms with Crippen LogP contribution >= 0.6 is 11.6 Å². The predicted octanol–water partition coefficient (Wildman–Crippen LogP) is 2.96. The van der Waals surface area contributed by atoms with Crippen LogP contribution in [0.15, 0.2) is 54.6 Å². The van der Waals surface area contributed by atoms with Crippen LogP contribution in [0.25, 0.3) is 0 Å². The van der Waals surface area contributed by atoms with Crippen LogP contribution in [-0.4, -0.2) is 74.9 Å². The lowest BCUT2D eigenvalue weighted by Crippen LogP contribution is -2.48. The smallest absolute Gasteiger partial charge is 0.307 e. The monoisotopic (exact) mass is 445 g/mol. The van der Waals surface area contributed by atoms with Gasteiger partial charge in [-0.1, -0.05) is 54.1 Å². The molecule has 2 N–H and O–H groups in total. The van der Waals surface area contributed by atoms with Gasteiger partial charge in [0, 0.05) is 44.3 Å². The van der Waals surface area contributed by atoms with Gasteiger partial charge in [-0.25, -0.2) is 0 Å². The Bertz CT molecular complexity index is 780. The summed E-state index contributed by atoms with van der Waals surface area (Å²) in [5, 5.41) is 0.759. The molecule has 1 atom stereocenters. The first kappa shape index (κ1) is 23.7. The molecule has 0 radical (unpaired) electrons. The van der Waals surface area contributed by atoms with Gasteiger partial charge in [-0.05, 0) is 23.3 Å². The SMILES string of the molecule is NCCC(=O)OCCOCCN1CCN(C(c2ccccc2)c2ccc(Cl)cc2)CC1. The largest absolute Gasteiger partial charge is 0.463 e. The first-order valence-electron chi connectivity index (χ1n) is 10.9.